The quantitative estimate of drug-likeness (QED) is 0.283. The fourth-order valence-electron chi connectivity index (χ4n) is 3.85. The van der Waals surface area contributed by atoms with E-state index in [2.05, 4.69) is 10.3 Å². The molecule has 5 rings (SSSR count). The van der Waals surface area contributed by atoms with Crippen molar-refractivity contribution in [3.05, 3.63) is 117 Å². The van der Waals surface area contributed by atoms with E-state index in [1.54, 1.807) is 24.3 Å². The van der Waals surface area contributed by atoms with Gasteiger partial charge in [0.15, 0.2) is 17.3 Å². The highest BCUT2D eigenvalue weighted by Gasteiger charge is 2.19. The Hall–Kier alpha value is -4.83. The minimum Gasteiger partial charge on any atom is -0.453 e. The molecule has 0 aliphatic rings. The maximum absolute atomic E-state index is 14.8. The Kier molecular flexibility index (Phi) is 6.48. The molecule has 5 aromatic rings. The maximum atomic E-state index is 14.8. The number of anilines is 2. The van der Waals surface area contributed by atoms with Gasteiger partial charge in [0.05, 0.1) is 11.2 Å². The Bertz CT molecular complexity index is 1770. The molecule has 3 aromatic carbocycles. The van der Waals surface area contributed by atoms with Gasteiger partial charge in [0.1, 0.15) is 28.0 Å². The van der Waals surface area contributed by atoms with Crippen LogP contribution in [0.2, 0.25) is 5.02 Å². The van der Waals surface area contributed by atoms with Crippen LogP contribution in [-0.2, 0) is 0 Å². The molecule has 0 spiro atoms. The number of hydrogen-bond acceptors (Lipinski definition) is 5. The number of aromatic nitrogens is 2. The molecule has 0 bridgehead atoms. The lowest BCUT2D eigenvalue weighted by molar-refractivity contribution is 0.102. The van der Waals surface area contributed by atoms with Crippen molar-refractivity contribution in [2.45, 2.75) is 0 Å². The van der Waals surface area contributed by atoms with Crippen molar-refractivity contribution in [2.75, 3.05) is 11.1 Å². The number of fused-ring (bicyclic) bond motifs is 1. The van der Waals surface area contributed by atoms with Gasteiger partial charge in [-0.3, -0.25) is 14.2 Å². The molecule has 0 aliphatic heterocycles. The second kappa shape index (κ2) is 9.91. The fraction of sp³-hybridized carbons (Fsp3) is 0. The highest BCUT2D eigenvalue weighted by atomic mass is 35.5. The first-order valence-corrected chi connectivity index (χ1v) is 11.4. The number of carbonyl (C=O) groups is 1. The Labute approximate surface area is 217 Å². The number of nitrogens with zero attached hydrogens (tertiary/aromatic N) is 2. The van der Waals surface area contributed by atoms with Gasteiger partial charge in [0.25, 0.3) is 11.5 Å². The number of nitrogens with one attached hydrogen (secondary N) is 1. The monoisotopic (exact) mass is 536 g/mol. The van der Waals surface area contributed by atoms with Crippen LogP contribution in [-0.4, -0.2) is 15.5 Å². The Balaban J connectivity index is 1.49. The molecule has 0 aliphatic carbocycles. The first kappa shape index (κ1) is 24.8. The van der Waals surface area contributed by atoms with Crippen LogP contribution in [0.5, 0.6) is 11.5 Å². The highest BCUT2D eigenvalue weighted by Crippen LogP contribution is 2.34. The van der Waals surface area contributed by atoms with Crippen molar-refractivity contribution < 1.29 is 22.7 Å². The minimum absolute atomic E-state index is 0.00930. The van der Waals surface area contributed by atoms with Gasteiger partial charge >= 0.3 is 0 Å². The maximum Gasteiger partial charge on any atom is 0.268 e. The van der Waals surface area contributed by atoms with Crippen LogP contribution in [0.1, 0.15) is 10.4 Å². The zero-order chi connectivity index (χ0) is 27.0. The molecule has 1 amide bonds. The molecule has 0 saturated carbocycles. The molecule has 0 radical (unpaired) electrons. The van der Waals surface area contributed by atoms with E-state index in [4.69, 9.17) is 22.1 Å². The predicted octanol–water partition coefficient (Wildman–Crippen LogP) is 6.08. The van der Waals surface area contributed by atoms with Crippen LogP contribution < -0.4 is 21.3 Å². The zero-order valence-electron chi connectivity index (χ0n) is 19.2. The third-order valence-corrected chi connectivity index (χ3v) is 5.93. The van der Waals surface area contributed by atoms with E-state index in [1.807, 2.05) is 0 Å². The third kappa shape index (κ3) is 4.76. The van der Waals surface area contributed by atoms with Crippen molar-refractivity contribution in [1.29, 1.82) is 0 Å². The average molecular weight is 537 g/mol. The summed E-state index contributed by atoms with van der Waals surface area (Å²) in [7, 11) is 0. The number of hydrogen-bond donors (Lipinski definition) is 2. The first-order chi connectivity index (χ1) is 18.2. The standard InChI is InChI=1S/C27H16ClF3N4O3/c28-24-23(7-8-33-25(24)32)38-22-6-5-17(13-20(22)31)34-26(36)19-9-14-3-1-2-4-21(14)35(27(19)37)18-11-15(29)10-16(30)12-18/h1-13H,(H2,32,33)(H,34,36). The van der Waals surface area contributed by atoms with Gasteiger partial charge in [-0.25, -0.2) is 18.2 Å². The van der Waals surface area contributed by atoms with Gasteiger partial charge in [-0.05, 0) is 41.8 Å². The molecule has 2 heterocycles. The minimum atomic E-state index is -0.889. The molecule has 0 unspecified atom stereocenters. The number of nitrogens with two attached hydrogens (primary N) is 1. The number of halogens is 4. The van der Waals surface area contributed by atoms with E-state index in [1.165, 1.54) is 30.5 Å². The van der Waals surface area contributed by atoms with Crippen LogP contribution >= 0.6 is 11.6 Å². The summed E-state index contributed by atoms with van der Waals surface area (Å²) in [6, 6.07) is 15.5. The largest absolute Gasteiger partial charge is 0.453 e. The number of nitrogen functional groups attached to an aromatic ring is 1. The Morgan fingerprint density at radius 3 is 2.42 bits per heavy atom. The molecule has 3 N–H and O–H groups in total. The number of benzene rings is 3. The van der Waals surface area contributed by atoms with Gasteiger partial charge < -0.3 is 15.8 Å². The van der Waals surface area contributed by atoms with Crippen molar-refractivity contribution in [2.24, 2.45) is 0 Å². The number of rotatable bonds is 5. The average Bonchev–Trinajstić information content (AvgIpc) is 2.87. The number of ether oxygens (including phenoxy) is 1. The number of para-hydroxylation sites is 1. The lowest BCUT2D eigenvalue weighted by Crippen LogP contribution is -2.28. The Morgan fingerprint density at radius 2 is 1.68 bits per heavy atom. The zero-order valence-corrected chi connectivity index (χ0v) is 20.0. The van der Waals surface area contributed by atoms with Crippen molar-refractivity contribution in [3.63, 3.8) is 0 Å². The van der Waals surface area contributed by atoms with Gasteiger partial charge in [0.2, 0.25) is 0 Å². The molecule has 38 heavy (non-hydrogen) atoms. The van der Waals surface area contributed by atoms with Crippen LogP contribution in [0, 0.1) is 17.5 Å². The van der Waals surface area contributed by atoms with Gasteiger partial charge in [-0.15, -0.1) is 0 Å². The van der Waals surface area contributed by atoms with E-state index in [0.717, 1.165) is 22.8 Å². The van der Waals surface area contributed by atoms with E-state index >= 15 is 0 Å². The number of carbonyl (C=O) groups excluding carboxylic acids is 1. The lowest BCUT2D eigenvalue weighted by Gasteiger charge is -2.14. The molecule has 190 valence electrons. The molecular weight excluding hydrogens is 521 g/mol. The highest BCUT2D eigenvalue weighted by molar-refractivity contribution is 6.34. The van der Waals surface area contributed by atoms with Crippen LogP contribution in [0.15, 0.2) is 83.8 Å². The summed E-state index contributed by atoms with van der Waals surface area (Å²) >= 11 is 6.03. The summed E-state index contributed by atoms with van der Waals surface area (Å²) in [5.41, 5.74) is 4.74. The van der Waals surface area contributed by atoms with E-state index in [-0.39, 0.29) is 39.3 Å². The lowest BCUT2D eigenvalue weighted by atomic mass is 10.1. The molecular formula is C27H16ClF3N4O3. The molecule has 7 nitrogen and oxygen atoms in total. The van der Waals surface area contributed by atoms with Gasteiger partial charge in [-0.1, -0.05) is 29.8 Å². The second-order valence-electron chi connectivity index (χ2n) is 8.09. The summed E-state index contributed by atoms with van der Waals surface area (Å²) in [5, 5.41) is 2.94. The van der Waals surface area contributed by atoms with Crippen LogP contribution in [0.4, 0.5) is 24.7 Å². The summed E-state index contributed by atoms with van der Waals surface area (Å²) in [4.78, 5) is 30.3. The Morgan fingerprint density at radius 1 is 0.947 bits per heavy atom. The van der Waals surface area contributed by atoms with E-state index in [0.29, 0.717) is 17.0 Å². The van der Waals surface area contributed by atoms with Gasteiger partial charge in [0, 0.05) is 30.1 Å². The van der Waals surface area contributed by atoms with Crippen molar-refractivity contribution >= 4 is 39.9 Å². The second-order valence-corrected chi connectivity index (χ2v) is 8.47. The molecule has 2 aromatic heterocycles. The molecule has 0 atom stereocenters. The first-order valence-electron chi connectivity index (χ1n) is 11.0. The van der Waals surface area contributed by atoms with Crippen molar-refractivity contribution in [1.82, 2.24) is 9.55 Å². The number of amides is 1. The molecule has 0 fully saturated rings. The molecule has 11 heteroatoms. The SMILES string of the molecule is Nc1nccc(Oc2ccc(NC(=O)c3cc4ccccc4n(-c4cc(F)cc(F)c4)c3=O)cc2F)c1Cl. The fourth-order valence-corrected chi connectivity index (χ4v) is 4.00. The molecule has 0 saturated heterocycles. The van der Waals surface area contributed by atoms with Crippen LogP contribution in [0.3, 0.4) is 0 Å². The summed E-state index contributed by atoms with van der Waals surface area (Å²) in [5.74, 6) is -3.57. The number of pyridine rings is 2. The topological polar surface area (TPSA) is 99.2 Å². The van der Waals surface area contributed by atoms with E-state index < -0.39 is 28.9 Å². The van der Waals surface area contributed by atoms with Crippen LogP contribution in [0.25, 0.3) is 16.6 Å². The summed E-state index contributed by atoms with van der Waals surface area (Å²) in [6.45, 7) is 0. The summed E-state index contributed by atoms with van der Waals surface area (Å²) in [6.07, 6.45) is 1.34. The smallest absolute Gasteiger partial charge is 0.268 e. The third-order valence-electron chi connectivity index (χ3n) is 5.55. The van der Waals surface area contributed by atoms with Crippen molar-refractivity contribution in [3.8, 4) is 17.2 Å². The van der Waals surface area contributed by atoms with E-state index in [9.17, 15) is 22.8 Å². The van der Waals surface area contributed by atoms with Gasteiger partial charge in [-0.2, -0.15) is 0 Å². The summed E-state index contributed by atoms with van der Waals surface area (Å²) < 4.78 is 49.2. The normalized spacial score (nSPS) is 10.9. The predicted molar refractivity (Wildman–Crippen MR) is 138 cm³/mol.